The number of carbonyl (C=O) groups excluding carboxylic acids is 1. The highest BCUT2D eigenvalue weighted by atomic mass is 79.9. The van der Waals surface area contributed by atoms with Crippen molar-refractivity contribution in [1.82, 2.24) is 0 Å². The number of benzene rings is 2. The molecule has 6 heteroatoms. The van der Waals surface area contributed by atoms with E-state index in [9.17, 15) is 9.18 Å². The average Bonchev–Trinajstić information content (AvgIpc) is 2.42. The number of hydrogen-bond donors (Lipinski definition) is 0. The van der Waals surface area contributed by atoms with Crippen molar-refractivity contribution < 1.29 is 13.9 Å². The first-order valence-electron chi connectivity index (χ1n) is 5.53. The van der Waals surface area contributed by atoms with E-state index in [0.717, 1.165) is 0 Å². The minimum absolute atomic E-state index is 0.222. The van der Waals surface area contributed by atoms with Crippen molar-refractivity contribution in [2.45, 2.75) is 0 Å². The molecule has 0 atom stereocenters. The van der Waals surface area contributed by atoms with E-state index >= 15 is 0 Å². The van der Waals surface area contributed by atoms with Crippen LogP contribution in [0.25, 0.3) is 0 Å². The predicted octanol–water partition coefficient (Wildman–Crippen LogP) is 5.16. The number of hydrogen-bond acceptors (Lipinski definition) is 2. The Morgan fingerprint density at radius 3 is 2.60 bits per heavy atom. The SMILES string of the molecule is O=C(COc1cc(F)ccc1Br)c1ccc(Cl)c(Cl)c1. The largest absolute Gasteiger partial charge is 0.484 e. The highest BCUT2D eigenvalue weighted by molar-refractivity contribution is 9.10. The van der Waals surface area contributed by atoms with Crippen molar-refractivity contribution in [1.29, 1.82) is 0 Å². The van der Waals surface area contributed by atoms with Crippen molar-refractivity contribution in [3.8, 4) is 5.75 Å². The van der Waals surface area contributed by atoms with Crippen molar-refractivity contribution >= 4 is 44.9 Å². The molecule has 0 aromatic heterocycles. The van der Waals surface area contributed by atoms with Gasteiger partial charge in [0.1, 0.15) is 11.6 Å². The maximum absolute atomic E-state index is 13.1. The topological polar surface area (TPSA) is 26.3 Å². The highest BCUT2D eigenvalue weighted by Gasteiger charge is 2.11. The summed E-state index contributed by atoms with van der Waals surface area (Å²) >= 11 is 14.8. The van der Waals surface area contributed by atoms with Gasteiger partial charge in [0, 0.05) is 11.6 Å². The summed E-state index contributed by atoms with van der Waals surface area (Å²) in [5.74, 6) is -0.455. The van der Waals surface area contributed by atoms with Crippen molar-refractivity contribution in [3.05, 3.63) is 62.3 Å². The Balaban J connectivity index is 2.08. The molecule has 20 heavy (non-hydrogen) atoms. The first kappa shape index (κ1) is 15.3. The van der Waals surface area contributed by atoms with Crippen LogP contribution in [-0.4, -0.2) is 12.4 Å². The zero-order valence-corrected chi connectivity index (χ0v) is 13.1. The van der Waals surface area contributed by atoms with E-state index in [1.807, 2.05) is 0 Å². The normalized spacial score (nSPS) is 10.4. The summed E-state index contributed by atoms with van der Waals surface area (Å²) in [6.45, 7) is -0.222. The summed E-state index contributed by atoms with van der Waals surface area (Å²) in [5.41, 5.74) is 0.381. The molecule has 0 radical (unpaired) electrons. The van der Waals surface area contributed by atoms with Crippen molar-refractivity contribution in [2.75, 3.05) is 6.61 Å². The fourth-order valence-electron chi connectivity index (χ4n) is 1.48. The Kier molecular flexibility index (Phi) is 5.02. The lowest BCUT2D eigenvalue weighted by Crippen LogP contribution is -2.12. The van der Waals surface area contributed by atoms with E-state index in [1.54, 1.807) is 6.07 Å². The van der Waals surface area contributed by atoms with Gasteiger partial charge in [-0.05, 0) is 46.3 Å². The van der Waals surface area contributed by atoms with Crippen LogP contribution in [0, 0.1) is 5.82 Å². The Labute approximate surface area is 133 Å². The number of Topliss-reactive ketones (excluding diaryl/α,β-unsaturated/α-hetero) is 1. The van der Waals surface area contributed by atoms with E-state index < -0.39 is 5.82 Å². The summed E-state index contributed by atoms with van der Waals surface area (Å²) in [7, 11) is 0. The minimum atomic E-state index is -0.440. The number of ether oxygens (including phenoxy) is 1. The minimum Gasteiger partial charge on any atom is -0.484 e. The van der Waals surface area contributed by atoms with Gasteiger partial charge in [-0.25, -0.2) is 4.39 Å². The Morgan fingerprint density at radius 1 is 1.15 bits per heavy atom. The molecule has 104 valence electrons. The molecular weight excluding hydrogens is 370 g/mol. The standard InChI is InChI=1S/C14H8BrCl2FO2/c15-10-3-2-9(18)6-14(10)20-7-13(19)8-1-4-11(16)12(17)5-8/h1-6H,7H2. The molecule has 2 rings (SSSR count). The third-order valence-corrected chi connectivity index (χ3v) is 3.89. The van der Waals surface area contributed by atoms with Crippen LogP contribution in [0.3, 0.4) is 0 Å². The molecule has 2 aromatic rings. The third-order valence-electron chi connectivity index (χ3n) is 2.49. The van der Waals surface area contributed by atoms with Crippen LogP contribution in [0.5, 0.6) is 5.75 Å². The maximum atomic E-state index is 13.1. The second-order valence-electron chi connectivity index (χ2n) is 3.92. The molecule has 0 aliphatic carbocycles. The van der Waals surface area contributed by atoms with Crippen molar-refractivity contribution in [3.63, 3.8) is 0 Å². The van der Waals surface area contributed by atoms with E-state index in [0.29, 0.717) is 20.1 Å². The fourth-order valence-corrected chi connectivity index (χ4v) is 2.14. The summed E-state index contributed by atoms with van der Waals surface area (Å²) < 4.78 is 18.9. The van der Waals surface area contributed by atoms with Gasteiger partial charge in [-0.2, -0.15) is 0 Å². The van der Waals surface area contributed by atoms with E-state index in [-0.39, 0.29) is 18.1 Å². The summed E-state index contributed by atoms with van der Waals surface area (Å²) in [4.78, 5) is 11.9. The lowest BCUT2D eigenvalue weighted by Gasteiger charge is -2.08. The van der Waals surface area contributed by atoms with Crippen LogP contribution < -0.4 is 4.74 Å². The monoisotopic (exact) mass is 376 g/mol. The van der Waals surface area contributed by atoms with Crippen LogP contribution >= 0.6 is 39.1 Å². The lowest BCUT2D eigenvalue weighted by molar-refractivity contribution is 0.0920. The second-order valence-corrected chi connectivity index (χ2v) is 5.58. The van der Waals surface area contributed by atoms with Gasteiger partial charge in [0.15, 0.2) is 12.4 Å². The Bertz CT molecular complexity index is 662. The quantitative estimate of drug-likeness (QED) is 0.688. The van der Waals surface area contributed by atoms with Gasteiger partial charge in [0.05, 0.1) is 14.5 Å². The summed E-state index contributed by atoms with van der Waals surface area (Å²) in [6, 6.07) is 8.56. The van der Waals surface area contributed by atoms with Gasteiger partial charge in [-0.1, -0.05) is 23.2 Å². The van der Waals surface area contributed by atoms with Crippen LogP contribution in [0.15, 0.2) is 40.9 Å². The van der Waals surface area contributed by atoms with Crippen LogP contribution in [0.1, 0.15) is 10.4 Å². The molecule has 0 heterocycles. The van der Waals surface area contributed by atoms with E-state index in [1.165, 1.54) is 30.3 Å². The van der Waals surface area contributed by atoms with E-state index in [2.05, 4.69) is 15.9 Å². The molecule has 0 aliphatic heterocycles. The van der Waals surface area contributed by atoms with Gasteiger partial charge in [0.2, 0.25) is 0 Å². The predicted molar refractivity (Wildman–Crippen MR) is 80.4 cm³/mol. The zero-order valence-electron chi connectivity index (χ0n) is 10.00. The molecule has 0 fully saturated rings. The second kappa shape index (κ2) is 6.57. The number of ketones is 1. The molecule has 0 spiro atoms. The Hall–Kier alpha value is -1.10. The van der Waals surface area contributed by atoms with Crippen LogP contribution in [-0.2, 0) is 0 Å². The van der Waals surface area contributed by atoms with Gasteiger partial charge >= 0.3 is 0 Å². The maximum Gasteiger partial charge on any atom is 0.200 e. The van der Waals surface area contributed by atoms with Gasteiger partial charge in [0.25, 0.3) is 0 Å². The zero-order chi connectivity index (χ0) is 14.7. The number of halogens is 4. The lowest BCUT2D eigenvalue weighted by atomic mass is 10.1. The molecule has 0 saturated carbocycles. The van der Waals surface area contributed by atoms with E-state index in [4.69, 9.17) is 27.9 Å². The molecule has 0 unspecified atom stereocenters. The molecule has 0 saturated heterocycles. The molecular formula is C14H8BrCl2FO2. The van der Waals surface area contributed by atoms with Crippen LogP contribution in [0.4, 0.5) is 4.39 Å². The number of carbonyl (C=O) groups is 1. The molecule has 2 nitrogen and oxygen atoms in total. The third kappa shape index (κ3) is 3.72. The number of rotatable bonds is 4. The fraction of sp³-hybridized carbons (Fsp3) is 0.0714. The average molecular weight is 378 g/mol. The van der Waals surface area contributed by atoms with Crippen LogP contribution in [0.2, 0.25) is 10.0 Å². The van der Waals surface area contributed by atoms with Crippen molar-refractivity contribution in [2.24, 2.45) is 0 Å². The Morgan fingerprint density at radius 2 is 1.90 bits per heavy atom. The van der Waals surface area contributed by atoms with Gasteiger partial charge < -0.3 is 4.74 Å². The first-order chi connectivity index (χ1) is 9.47. The summed E-state index contributed by atoms with van der Waals surface area (Å²) in [6.07, 6.45) is 0. The molecule has 0 amide bonds. The molecule has 0 aliphatic rings. The molecule has 0 N–H and O–H groups in total. The van der Waals surface area contributed by atoms with Gasteiger partial charge in [-0.15, -0.1) is 0 Å². The van der Waals surface area contributed by atoms with Gasteiger partial charge in [-0.3, -0.25) is 4.79 Å². The smallest absolute Gasteiger partial charge is 0.200 e. The molecule has 0 bridgehead atoms. The summed E-state index contributed by atoms with van der Waals surface area (Å²) in [5, 5.41) is 0.668. The first-order valence-corrected chi connectivity index (χ1v) is 7.08. The molecule has 2 aromatic carbocycles. The highest BCUT2D eigenvalue weighted by Crippen LogP contribution is 2.26.